The van der Waals surface area contributed by atoms with Crippen LogP contribution in [-0.4, -0.2) is 92.5 Å². The van der Waals surface area contributed by atoms with Crippen molar-refractivity contribution in [1.82, 2.24) is 39.7 Å². The fourth-order valence-corrected chi connectivity index (χ4v) is 5.78. The van der Waals surface area contributed by atoms with Gasteiger partial charge in [0, 0.05) is 74.7 Å². The maximum atomic E-state index is 13.0. The lowest BCUT2D eigenvalue weighted by atomic mass is 9.91. The highest BCUT2D eigenvalue weighted by Crippen LogP contribution is 2.28. The molecule has 2 amide bonds. The molecule has 0 aliphatic carbocycles. The first-order valence-electron chi connectivity index (χ1n) is 15.1. The number of benzene rings is 1. The van der Waals surface area contributed by atoms with Crippen LogP contribution in [0.4, 0.5) is 17.5 Å². The van der Waals surface area contributed by atoms with Crippen molar-refractivity contribution in [2.24, 2.45) is 0 Å². The zero-order valence-corrected chi connectivity index (χ0v) is 26.0. The minimum Gasteiger partial charge on any atom is -0.347 e. The minimum absolute atomic E-state index is 0.0516. The number of amides is 2. The van der Waals surface area contributed by atoms with E-state index in [1.54, 1.807) is 28.0 Å². The van der Waals surface area contributed by atoms with Gasteiger partial charge < -0.3 is 20.4 Å². The molecular formula is C32H40N10O2. The van der Waals surface area contributed by atoms with Gasteiger partial charge in [-0.3, -0.25) is 19.5 Å². The number of piperazine rings is 1. The molecule has 5 heterocycles. The monoisotopic (exact) mass is 596 g/mol. The molecule has 6 rings (SSSR count). The molecule has 12 heteroatoms. The van der Waals surface area contributed by atoms with Gasteiger partial charge >= 0.3 is 0 Å². The van der Waals surface area contributed by atoms with Crippen LogP contribution >= 0.6 is 0 Å². The van der Waals surface area contributed by atoms with Crippen molar-refractivity contribution < 1.29 is 9.59 Å². The summed E-state index contributed by atoms with van der Waals surface area (Å²) in [6, 6.07) is 11.3. The second kappa shape index (κ2) is 11.8. The van der Waals surface area contributed by atoms with Crippen molar-refractivity contribution in [2.45, 2.75) is 51.1 Å². The predicted molar refractivity (Wildman–Crippen MR) is 169 cm³/mol. The average Bonchev–Trinajstić information content (AvgIpc) is 3.49. The third kappa shape index (κ3) is 6.07. The van der Waals surface area contributed by atoms with Crippen LogP contribution in [0, 0.1) is 0 Å². The van der Waals surface area contributed by atoms with Crippen LogP contribution in [0.5, 0.6) is 0 Å². The fraction of sp³-hybridized carbons (Fsp3) is 0.438. The summed E-state index contributed by atoms with van der Waals surface area (Å²) in [7, 11) is 3.83. The number of nitrogens with one attached hydrogen (secondary N) is 2. The Bertz CT molecular complexity index is 1640. The van der Waals surface area contributed by atoms with Gasteiger partial charge in [-0.15, -0.1) is 5.10 Å². The largest absolute Gasteiger partial charge is 0.347 e. The van der Waals surface area contributed by atoms with Crippen molar-refractivity contribution >= 4 is 34.9 Å². The number of likely N-dealkylation sites (N-methyl/N-ethyl adjacent to an activating group) is 2. The Labute approximate surface area is 257 Å². The second-order valence-corrected chi connectivity index (χ2v) is 12.8. The van der Waals surface area contributed by atoms with Crippen molar-refractivity contribution in [1.29, 1.82) is 0 Å². The molecule has 0 bridgehead atoms. The minimum atomic E-state index is -0.292. The third-order valence-corrected chi connectivity index (χ3v) is 8.40. The number of hydrogen-bond donors (Lipinski definition) is 2. The summed E-state index contributed by atoms with van der Waals surface area (Å²) < 4.78 is 1.72. The van der Waals surface area contributed by atoms with Crippen LogP contribution in [0.25, 0.3) is 5.65 Å². The summed E-state index contributed by atoms with van der Waals surface area (Å²) in [6.45, 7) is 9.23. The molecule has 2 fully saturated rings. The predicted octanol–water partition coefficient (Wildman–Crippen LogP) is 3.40. The number of aromatic nitrogens is 5. The van der Waals surface area contributed by atoms with Crippen molar-refractivity contribution in [2.75, 3.05) is 50.5 Å². The normalized spacial score (nSPS) is 19.8. The van der Waals surface area contributed by atoms with E-state index in [0.717, 1.165) is 49.4 Å². The van der Waals surface area contributed by atoms with E-state index in [0.29, 0.717) is 29.5 Å². The molecule has 44 heavy (non-hydrogen) atoms. The van der Waals surface area contributed by atoms with Crippen molar-refractivity contribution in [3.63, 3.8) is 0 Å². The first-order chi connectivity index (χ1) is 21.1. The molecule has 1 aromatic carbocycles. The Morgan fingerprint density at radius 1 is 1.00 bits per heavy atom. The molecule has 1 unspecified atom stereocenters. The lowest BCUT2D eigenvalue weighted by Gasteiger charge is -2.37. The van der Waals surface area contributed by atoms with Gasteiger partial charge in [-0.05, 0) is 49.7 Å². The van der Waals surface area contributed by atoms with Crippen LogP contribution < -0.4 is 15.5 Å². The summed E-state index contributed by atoms with van der Waals surface area (Å²) in [5.41, 5.74) is 3.81. The average molecular weight is 597 g/mol. The highest BCUT2D eigenvalue weighted by Gasteiger charge is 2.32. The number of nitrogens with zero attached hydrogens (tertiary/aromatic N) is 8. The third-order valence-electron chi connectivity index (χ3n) is 8.40. The van der Waals surface area contributed by atoms with E-state index in [1.165, 1.54) is 0 Å². The van der Waals surface area contributed by atoms with Gasteiger partial charge in [-0.2, -0.15) is 4.98 Å². The second-order valence-electron chi connectivity index (χ2n) is 12.8. The Hall–Kier alpha value is -4.58. The van der Waals surface area contributed by atoms with Crippen LogP contribution in [0.15, 0.2) is 55.0 Å². The molecule has 0 radical (unpaired) electrons. The number of carbonyl (C=O) groups excluding carboxylic acids is 2. The number of pyridine rings is 1. The van der Waals surface area contributed by atoms with Gasteiger partial charge in [0.1, 0.15) is 6.04 Å². The Morgan fingerprint density at radius 3 is 2.52 bits per heavy atom. The zero-order chi connectivity index (χ0) is 31.0. The van der Waals surface area contributed by atoms with Gasteiger partial charge in [0.25, 0.3) is 5.91 Å². The molecule has 230 valence electrons. The summed E-state index contributed by atoms with van der Waals surface area (Å²) >= 11 is 0. The van der Waals surface area contributed by atoms with E-state index < -0.39 is 0 Å². The van der Waals surface area contributed by atoms with Gasteiger partial charge in [0.05, 0.1) is 5.56 Å². The number of fused-ring (bicyclic) bond motifs is 1. The van der Waals surface area contributed by atoms with Crippen molar-refractivity contribution in [3.8, 4) is 0 Å². The summed E-state index contributed by atoms with van der Waals surface area (Å²) in [6.07, 6.45) is 6.91. The quantitative estimate of drug-likeness (QED) is 0.345. The van der Waals surface area contributed by atoms with Crippen LogP contribution in [0.2, 0.25) is 0 Å². The van der Waals surface area contributed by atoms with E-state index in [-0.39, 0.29) is 29.3 Å². The molecule has 4 aromatic rings. The SMILES string of the molecule is CN1CCN(C)C(c2ccc(Nc3nc(N4CCC[C@H](NC(=O)c5ccc(C(C)(C)C)nc5)C4)nn4ccnc34)cc2)C1=O. The van der Waals surface area contributed by atoms with Crippen LogP contribution in [0.1, 0.15) is 61.3 Å². The Balaban J connectivity index is 1.16. The molecule has 2 aliphatic heterocycles. The number of anilines is 3. The first kappa shape index (κ1) is 29.5. The lowest BCUT2D eigenvalue weighted by Crippen LogP contribution is -2.48. The van der Waals surface area contributed by atoms with Crippen LogP contribution in [-0.2, 0) is 10.2 Å². The Kier molecular flexibility index (Phi) is 7.93. The van der Waals surface area contributed by atoms with E-state index in [1.807, 2.05) is 50.5 Å². The molecule has 2 aliphatic rings. The topological polar surface area (TPSA) is 124 Å². The van der Waals surface area contributed by atoms with Gasteiger partial charge in [-0.25, -0.2) is 9.50 Å². The summed E-state index contributed by atoms with van der Waals surface area (Å²) in [4.78, 5) is 45.7. The van der Waals surface area contributed by atoms with Crippen LogP contribution in [0.3, 0.4) is 0 Å². The fourth-order valence-electron chi connectivity index (χ4n) is 5.78. The highest BCUT2D eigenvalue weighted by molar-refractivity contribution is 5.94. The molecular weight excluding hydrogens is 556 g/mol. The summed E-state index contributed by atoms with van der Waals surface area (Å²) in [5, 5.41) is 11.3. The maximum absolute atomic E-state index is 13.0. The zero-order valence-electron chi connectivity index (χ0n) is 26.0. The molecule has 0 spiro atoms. The van der Waals surface area contributed by atoms with E-state index in [9.17, 15) is 9.59 Å². The van der Waals surface area contributed by atoms with Gasteiger partial charge in [0.15, 0.2) is 11.5 Å². The molecule has 2 atom stereocenters. The maximum Gasteiger partial charge on any atom is 0.253 e. The highest BCUT2D eigenvalue weighted by atomic mass is 16.2. The lowest BCUT2D eigenvalue weighted by molar-refractivity contribution is -0.139. The number of hydrogen-bond acceptors (Lipinski definition) is 9. The smallest absolute Gasteiger partial charge is 0.253 e. The van der Waals surface area contributed by atoms with Gasteiger partial charge in [-0.1, -0.05) is 32.9 Å². The van der Waals surface area contributed by atoms with E-state index in [4.69, 9.17) is 10.1 Å². The molecule has 0 saturated carbocycles. The number of imidazole rings is 1. The Morgan fingerprint density at radius 2 is 1.80 bits per heavy atom. The molecule has 2 saturated heterocycles. The standard InChI is InChI=1S/C32H40N10O2/c1-32(2,3)25-13-10-22(19-34-25)29(43)36-24-7-6-15-41(20-24)31-37-27(28-33-14-16-42(28)38-31)35-23-11-8-21(9-12-23)26-30(44)40(5)18-17-39(26)4/h8-14,16,19,24,26H,6-7,15,17-18,20H2,1-5H3,(H,36,43)(H,35,37,38)/t24-,26?/m0/s1. The first-order valence-corrected chi connectivity index (χ1v) is 15.1. The van der Waals surface area contributed by atoms with E-state index >= 15 is 0 Å². The van der Waals surface area contributed by atoms with Gasteiger partial charge in [0.2, 0.25) is 11.9 Å². The molecule has 2 N–H and O–H groups in total. The molecule has 3 aromatic heterocycles. The van der Waals surface area contributed by atoms with Crippen molar-refractivity contribution in [3.05, 3.63) is 71.8 Å². The number of rotatable bonds is 6. The summed E-state index contributed by atoms with van der Waals surface area (Å²) in [5.74, 6) is 1.11. The number of piperidine rings is 1. The van der Waals surface area contributed by atoms with E-state index in [2.05, 4.69) is 51.2 Å². The number of carbonyl (C=O) groups is 2. The molecule has 12 nitrogen and oxygen atoms in total.